The fraction of sp³-hybridized carbons (Fsp3) is 0.529. The van der Waals surface area contributed by atoms with Crippen molar-refractivity contribution in [3.8, 4) is 0 Å². The molecule has 4 nitrogen and oxygen atoms in total. The number of nitrogens with one attached hydrogen (secondary N) is 1. The first-order valence-electron chi connectivity index (χ1n) is 7.88. The van der Waals surface area contributed by atoms with E-state index in [0.717, 1.165) is 38.2 Å². The fourth-order valence-electron chi connectivity index (χ4n) is 2.58. The summed E-state index contributed by atoms with van der Waals surface area (Å²) in [5, 5.41) is 7.89. The van der Waals surface area contributed by atoms with Gasteiger partial charge in [-0.3, -0.25) is 4.68 Å². The van der Waals surface area contributed by atoms with Crippen molar-refractivity contribution in [2.75, 3.05) is 6.54 Å². The SMILES string of the molecule is CCCn1ncnc1CC(Cc1ccc(C)cc1)NCC. The minimum absolute atomic E-state index is 0.400. The van der Waals surface area contributed by atoms with Crippen LogP contribution in [0.3, 0.4) is 0 Å². The van der Waals surface area contributed by atoms with Crippen LogP contribution in [0.4, 0.5) is 0 Å². The molecule has 2 rings (SSSR count). The third kappa shape index (κ3) is 4.67. The third-order valence-electron chi connectivity index (χ3n) is 3.66. The summed E-state index contributed by atoms with van der Waals surface area (Å²) in [4.78, 5) is 4.42. The molecule has 0 saturated carbocycles. The quantitative estimate of drug-likeness (QED) is 0.811. The van der Waals surface area contributed by atoms with Crippen LogP contribution < -0.4 is 5.32 Å². The Morgan fingerprint density at radius 3 is 2.57 bits per heavy atom. The van der Waals surface area contributed by atoms with E-state index >= 15 is 0 Å². The Balaban J connectivity index is 2.04. The molecule has 0 spiro atoms. The summed E-state index contributed by atoms with van der Waals surface area (Å²) in [6, 6.07) is 9.19. The van der Waals surface area contributed by atoms with E-state index < -0.39 is 0 Å². The second kappa shape index (κ2) is 7.93. The molecule has 4 heteroatoms. The van der Waals surface area contributed by atoms with Crippen LogP contribution >= 0.6 is 0 Å². The minimum atomic E-state index is 0.400. The summed E-state index contributed by atoms with van der Waals surface area (Å²) in [7, 11) is 0. The lowest BCUT2D eigenvalue weighted by Gasteiger charge is -2.18. The zero-order valence-electron chi connectivity index (χ0n) is 13.3. The van der Waals surface area contributed by atoms with Crippen LogP contribution in [0.1, 0.15) is 37.2 Å². The van der Waals surface area contributed by atoms with Gasteiger partial charge in [-0.2, -0.15) is 5.10 Å². The Hall–Kier alpha value is -1.68. The lowest BCUT2D eigenvalue weighted by Crippen LogP contribution is -2.34. The highest BCUT2D eigenvalue weighted by atomic mass is 15.3. The van der Waals surface area contributed by atoms with Crippen molar-refractivity contribution in [3.63, 3.8) is 0 Å². The molecule has 114 valence electrons. The van der Waals surface area contributed by atoms with Gasteiger partial charge in [0.15, 0.2) is 0 Å². The van der Waals surface area contributed by atoms with Gasteiger partial charge in [-0.05, 0) is 31.9 Å². The van der Waals surface area contributed by atoms with Crippen molar-refractivity contribution in [2.24, 2.45) is 0 Å². The highest BCUT2D eigenvalue weighted by Gasteiger charge is 2.13. The maximum absolute atomic E-state index is 4.42. The van der Waals surface area contributed by atoms with E-state index in [-0.39, 0.29) is 0 Å². The van der Waals surface area contributed by atoms with Crippen LogP contribution in [-0.4, -0.2) is 27.4 Å². The van der Waals surface area contributed by atoms with Gasteiger partial charge < -0.3 is 5.32 Å². The highest BCUT2D eigenvalue weighted by Crippen LogP contribution is 2.09. The van der Waals surface area contributed by atoms with E-state index in [2.05, 4.69) is 60.4 Å². The summed E-state index contributed by atoms with van der Waals surface area (Å²) in [5.74, 6) is 1.08. The van der Waals surface area contributed by atoms with Crippen molar-refractivity contribution >= 4 is 0 Å². The summed E-state index contributed by atoms with van der Waals surface area (Å²) >= 11 is 0. The van der Waals surface area contributed by atoms with Gasteiger partial charge in [-0.25, -0.2) is 4.98 Å². The maximum atomic E-state index is 4.42. The van der Waals surface area contributed by atoms with Crippen molar-refractivity contribution in [3.05, 3.63) is 47.5 Å². The van der Waals surface area contributed by atoms with Gasteiger partial charge in [-0.1, -0.05) is 43.7 Å². The van der Waals surface area contributed by atoms with Gasteiger partial charge in [-0.15, -0.1) is 0 Å². The highest BCUT2D eigenvalue weighted by molar-refractivity contribution is 5.22. The van der Waals surface area contributed by atoms with Gasteiger partial charge >= 0.3 is 0 Å². The topological polar surface area (TPSA) is 42.7 Å². The Kier molecular flexibility index (Phi) is 5.93. The van der Waals surface area contributed by atoms with Crippen LogP contribution in [0, 0.1) is 6.92 Å². The Morgan fingerprint density at radius 1 is 1.14 bits per heavy atom. The molecule has 21 heavy (non-hydrogen) atoms. The van der Waals surface area contributed by atoms with Crippen LogP contribution in [0.15, 0.2) is 30.6 Å². The Labute approximate surface area is 127 Å². The summed E-state index contributed by atoms with van der Waals surface area (Å²) in [6.07, 6.45) is 4.69. The van der Waals surface area contributed by atoms with E-state index in [1.807, 2.05) is 4.68 Å². The molecular formula is C17H26N4. The Morgan fingerprint density at radius 2 is 1.90 bits per heavy atom. The zero-order chi connectivity index (χ0) is 15.1. The van der Waals surface area contributed by atoms with Crippen molar-refractivity contribution < 1.29 is 0 Å². The fourth-order valence-corrected chi connectivity index (χ4v) is 2.58. The molecule has 0 aliphatic heterocycles. The number of aromatic nitrogens is 3. The van der Waals surface area contributed by atoms with E-state index in [9.17, 15) is 0 Å². The van der Waals surface area contributed by atoms with Gasteiger partial charge in [0, 0.05) is 19.0 Å². The predicted molar refractivity (Wildman–Crippen MR) is 86.4 cm³/mol. The molecule has 1 N–H and O–H groups in total. The maximum Gasteiger partial charge on any atom is 0.138 e. The molecule has 0 fully saturated rings. The van der Waals surface area contributed by atoms with Crippen LogP contribution in [0.5, 0.6) is 0 Å². The summed E-state index contributed by atoms with van der Waals surface area (Å²) in [6.45, 7) is 8.36. The molecule has 1 aromatic heterocycles. The van der Waals surface area contributed by atoms with Crippen molar-refractivity contribution in [2.45, 2.75) is 52.6 Å². The summed E-state index contributed by atoms with van der Waals surface area (Å²) < 4.78 is 2.03. The zero-order valence-corrected chi connectivity index (χ0v) is 13.3. The number of nitrogens with zero attached hydrogens (tertiary/aromatic N) is 3. The van der Waals surface area contributed by atoms with E-state index in [1.54, 1.807) is 6.33 Å². The molecule has 0 radical (unpaired) electrons. The third-order valence-corrected chi connectivity index (χ3v) is 3.66. The predicted octanol–water partition coefficient (Wildman–Crippen LogP) is 2.76. The second-order valence-electron chi connectivity index (χ2n) is 5.55. The summed E-state index contributed by atoms with van der Waals surface area (Å²) in [5.41, 5.74) is 2.68. The smallest absolute Gasteiger partial charge is 0.138 e. The first-order chi connectivity index (χ1) is 10.2. The number of rotatable bonds is 8. The molecule has 2 aromatic rings. The normalized spacial score (nSPS) is 12.5. The molecule has 0 aliphatic carbocycles. The molecular weight excluding hydrogens is 260 g/mol. The molecule has 0 aliphatic rings. The lowest BCUT2D eigenvalue weighted by atomic mass is 10.0. The number of likely N-dealkylation sites (N-methyl/N-ethyl adjacent to an activating group) is 1. The van der Waals surface area contributed by atoms with Gasteiger partial charge in [0.1, 0.15) is 12.2 Å². The van der Waals surface area contributed by atoms with E-state index in [4.69, 9.17) is 0 Å². The molecule has 1 atom stereocenters. The van der Waals surface area contributed by atoms with Crippen molar-refractivity contribution in [1.29, 1.82) is 0 Å². The Bertz CT molecular complexity index is 530. The van der Waals surface area contributed by atoms with Gasteiger partial charge in [0.25, 0.3) is 0 Å². The van der Waals surface area contributed by atoms with Crippen LogP contribution in [-0.2, 0) is 19.4 Å². The number of aryl methyl sites for hydroxylation is 2. The molecule has 0 bridgehead atoms. The molecule has 1 unspecified atom stereocenters. The first kappa shape index (κ1) is 15.7. The molecule has 1 heterocycles. The molecule has 0 amide bonds. The van der Waals surface area contributed by atoms with Crippen LogP contribution in [0.2, 0.25) is 0 Å². The lowest BCUT2D eigenvalue weighted by molar-refractivity contribution is 0.482. The second-order valence-corrected chi connectivity index (χ2v) is 5.55. The monoisotopic (exact) mass is 286 g/mol. The largest absolute Gasteiger partial charge is 0.313 e. The van der Waals surface area contributed by atoms with Gasteiger partial charge in [0.2, 0.25) is 0 Å². The number of benzene rings is 1. The standard InChI is InChI=1S/C17H26N4/c1-4-10-21-17(19-13-20-21)12-16(18-5-2)11-15-8-6-14(3)7-9-15/h6-9,13,16,18H,4-5,10-12H2,1-3H3. The van der Waals surface area contributed by atoms with E-state index in [0.29, 0.717) is 6.04 Å². The van der Waals surface area contributed by atoms with E-state index in [1.165, 1.54) is 11.1 Å². The average Bonchev–Trinajstić information content (AvgIpc) is 2.89. The first-order valence-corrected chi connectivity index (χ1v) is 7.88. The number of hydrogen-bond acceptors (Lipinski definition) is 3. The minimum Gasteiger partial charge on any atom is -0.313 e. The van der Waals surface area contributed by atoms with Crippen LogP contribution in [0.25, 0.3) is 0 Å². The average molecular weight is 286 g/mol. The van der Waals surface area contributed by atoms with Gasteiger partial charge in [0.05, 0.1) is 0 Å². The molecule has 1 aromatic carbocycles. The van der Waals surface area contributed by atoms with Crippen molar-refractivity contribution in [1.82, 2.24) is 20.1 Å². The molecule has 0 saturated heterocycles. The number of hydrogen-bond donors (Lipinski definition) is 1.